The normalized spacial score (nSPS) is 15.9. The Morgan fingerprint density at radius 2 is 1.44 bits per heavy atom. The van der Waals surface area contributed by atoms with Gasteiger partial charge in [-0.2, -0.15) is 0 Å². The highest BCUT2D eigenvalue weighted by atomic mass is 16.4. The minimum absolute atomic E-state index is 0.347. The zero-order chi connectivity index (χ0) is 15.1. The van der Waals surface area contributed by atoms with Gasteiger partial charge >= 0.3 is 11.9 Å². The third-order valence-corrected chi connectivity index (χ3v) is 2.09. The van der Waals surface area contributed by atoms with Gasteiger partial charge in [0.25, 0.3) is 0 Å². The maximum Gasteiger partial charge on any atom is 0.335 e. The van der Waals surface area contributed by atoms with Gasteiger partial charge in [0, 0.05) is 5.41 Å². The number of carboxylic acid groups (broad SMARTS) is 2. The molecule has 0 heterocycles. The van der Waals surface area contributed by atoms with Crippen LogP contribution in [-0.2, 0) is 9.59 Å². The van der Waals surface area contributed by atoms with Gasteiger partial charge in [0.2, 0.25) is 0 Å². The number of aliphatic hydroxyl groups excluding tert-OH is 4. The smallest absolute Gasteiger partial charge is 0.335 e. The Morgan fingerprint density at radius 1 is 1.06 bits per heavy atom. The van der Waals surface area contributed by atoms with Crippen LogP contribution in [0, 0.1) is 5.41 Å². The summed E-state index contributed by atoms with van der Waals surface area (Å²) in [7, 11) is 0. The van der Waals surface area contributed by atoms with Crippen LogP contribution >= 0.6 is 0 Å². The lowest BCUT2D eigenvalue weighted by molar-refractivity contribution is -0.155. The molecule has 0 aromatic rings. The first kappa shape index (κ1) is 19.1. The van der Waals surface area contributed by atoms with Crippen molar-refractivity contribution >= 4 is 11.9 Å². The zero-order valence-corrected chi connectivity index (χ0v) is 10.4. The summed E-state index contributed by atoms with van der Waals surface area (Å²) in [5.41, 5.74) is -0.966. The van der Waals surface area contributed by atoms with Crippen LogP contribution in [0.5, 0.6) is 0 Å². The van der Waals surface area contributed by atoms with Gasteiger partial charge in [-0.1, -0.05) is 13.8 Å². The van der Waals surface area contributed by atoms with E-state index in [1.165, 1.54) is 20.8 Å². The molecule has 3 atom stereocenters. The first-order chi connectivity index (χ1) is 7.97. The van der Waals surface area contributed by atoms with Crippen LogP contribution < -0.4 is 0 Å². The maximum atomic E-state index is 10.1. The van der Waals surface area contributed by atoms with E-state index in [4.69, 9.17) is 30.6 Å². The lowest BCUT2D eigenvalue weighted by Crippen LogP contribution is -2.38. The van der Waals surface area contributed by atoms with Crippen LogP contribution in [0.3, 0.4) is 0 Å². The third kappa shape index (κ3) is 7.17. The fourth-order valence-corrected chi connectivity index (χ4v) is 0.627. The van der Waals surface area contributed by atoms with Crippen LogP contribution in [0.4, 0.5) is 0 Å². The van der Waals surface area contributed by atoms with Crippen LogP contribution in [-0.4, -0.2) is 67.5 Å². The second-order valence-corrected chi connectivity index (χ2v) is 4.41. The highest BCUT2D eigenvalue weighted by Crippen LogP contribution is 2.19. The van der Waals surface area contributed by atoms with Gasteiger partial charge in [-0.05, 0) is 6.92 Å². The van der Waals surface area contributed by atoms with Gasteiger partial charge in [0.15, 0.2) is 12.2 Å². The van der Waals surface area contributed by atoms with E-state index < -0.39 is 35.7 Å². The van der Waals surface area contributed by atoms with Crippen molar-refractivity contribution in [3.05, 3.63) is 0 Å². The molecule has 3 unspecified atom stereocenters. The Labute approximate surface area is 104 Å². The number of hydrogen-bond donors (Lipinski definition) is 6. The molecule has 0 spiro atoms. The average molecular weight is 268 g/mol. The van der Waals surface area contributed by atoms with Gasteiger partial charge < -0.3 is 30.6 Å². The zero-order valence-electron chi connectivity index (χ0n) is 10.4. The lowest BCUT2D eigenvalue weighted by Gasteiger charge is -2.24. The van der Waals surface area contributed by atoms with Crippen LogP contribution in [0.25, 0.3) is 0 Å². The van der Waals surface area contributed by atoms with E-state index >= 15 is 0 Å². The molecule has 0 aromatic carbocycles. The average Bonchev–Trinajstić information content (AvgIpc) is 2.27. The van der Waals surface area contributed by atoms with Crippen molar-refractivity contribution in [2.75, 3.05) is 6.61 Å². The van der Waals surface area contributed by atoms with Crippen molar-refractivity contribution in [3.63, 3.8) is 0 Å². The molecule has 0 aliphatic heterocycles. The summed E-state index contributed by atoms with van der Waals surface area (Å²) < 4.78 is 0. The fourth-order valence-electron chi connectivity index (χ4n) is 0.627. The van der Waals surface area contributed by atoms with Crippen LogP contribution in [0.2, 0.25) is 0 Å². The molecule has 8 nitrogen and oxygen atoms in total. The van der Waals surface area contributed by atoms with E-state index in [1.807, 2.05) is 0 Å². The lowest BCUT2D eigenvalue weighted by atomic mass is 9.88. The summed E-state index contributed by atoms with van der Waals surface area (Å²) >= 11 is 0. The SMILES string of the molecule is CC(C)(CO)C(O)C(=O)O.CC(O)C(O)C(=O)O. The van der Waals surface area contributed by atoms with Gasteiger partial charge in [-0.25, -0.2) is 9.59 Å². The topological polar surface area (TPSA) is 156 Å². The molecule has 0 aliphatic rings. The van der Waals surface area contributed by atoms with E-state index in [1.54, 1.807) is 0 Å². The Hall–Kier alpha value is -1.22. The van der Waals surface area contributed by atoms with Gasteiger partial charge in [0.1, 0.15) is 0 Å². The predicted octanol–water partition coefficient (Wildman–Crippen LogP) is -1.74. The molecule has 0 radical (unpaired) electrons. The van der Waals surface area contributed by atoms with Crippen molar-refractivity contribution in [3.8, 4) is 0 Å². The van der Waals surface area contributed by atoms with E-state index in [0.717, 1.165) is 0 Å². The number of rotatable bonds is 5. The number of hydrogen-bond acceptors (Lipinski definition) is 6. The monoisotopic (exact) mass is 268 g/mol. The van der Waals surface area contributed by atoms with E-state index in [2.05, 4.69) is 0 Å². The largest absolute Gasteiger partial charge is 0.479 e. The number of carboxylic acids is 2. The Balaban J connectivity index is 0. The number of aliphatic carboxylic acids is 2. The summed E-state index contributed by atoms with van der Waals surface area (Å²) in [6.45, 7) is 3.82. The molecule has 0 rings (SSSR count). The van der Waals surface area contributed by atoms with Gasteiger partial charge in [0.05, 0.1) is 12.7 Å². The van der Waals surface area contributed by atoms with Crippen molar-refractivity contribution < 1.29 is 40.2 Å². The molecule has 6 N–H and O–H groups in total. The van der Waals surface area contributed by atoms with Gasteiger partial charge in [-0.15, -0.1) is 0 Å². The molecular formula is C10H20O8. The van der Waals surface area contributed by atoms with E-state index in [-0.39, 0.29) is 6.61 Å². The third-order valence-electron chi connectivity index (χ3n) is 2.09. The summed E-state index contributed by atoms with van der Waals surface area (Å²) in [6.07, 6.45) is -4.36. The standard InChI is InChI=1S/C6H12O4.C4H8O4/c1-6(2,3-7)4(8)5(9)10;1-2(5)3(6)4(7)8/h4,7-8H,3H2,1-2H3,(H,9,10);2-3,5-6H,1H3,(H,7,8). The minimum atomic E-state index is -1.66. The first-order valence-electron chi connectivity index (χ1n) is 5.08. The van der Waals surface area contributed by atoms with Gasteiger partial charge in [-0.3, -0.25) is 0 Å². The summed E-state index contributed by atoms with van der Waals surface area (Å²) in [5.74, 6) is -2.71. The summed E-state index contributed by atoms with van der Waals surface area (Å²) in [4.78, 5) is 19.9. The second kappa shape index (κ2) is 7.98. The predicted molar refractivity (Wildman–Crippen MR) is 59.8 cm³/mol. The molecule has 0 aromatic heterocycles. The van der Waals surface area contributed by atoms with Crippen molar-refractivity contribution in [1.82, 2.24) is 0 Å². The highest BCUT2D eigenvalue weighted by Gasteiger charge is 2.32. The Bertz CT molecular complexity index is 273. The molecule has 0 saturated carbocycles. The second-order valence-electron chi connectivity index (χ2n) is 4.41. The summed E-state index contributed by atoms with van der Waals surface area (Å²) in [5, 5.41) is 50.4. The highest BCUT2D eigenvalue weighted by molar-refractivity contribution is 5.73. The molecule has 18 heavy (non-hydrogen) atoms. The van der Waals surface area contributed by atoms with Crippen LogP contribution in [0.1, 0.15) is 20.8 Å². The summed E-state index contributed by atoms with van der Waals surface area (Å²) in [6, 6.07) is 0. The molecule has 0 fully saturated rings. The Morgan fingerprint density at radius 3 is 1.50 bits per heavy atom. The van der Waals surface area contributed by atoms with Crippen molar-refractivity contribution in [2.24, 2.45) is 5.41 Å². The van der Waals surface area contributed by atoms with Crippen molar-refractivity contribution in [1.29, 1.82) is 0 Å². The molecule has 0 saturated heterocycles. The Kier molecular flexibility index (Phi) is 8.48. The number of aliphatic hydroxyl groups is 4. The van der Waals surface area contributed by atoms with Crippen molar-refractivity contribution in [2.45, 2.75) is 39.1 Å². The van der Waals surface area contributed by atoms with Crippen LogP contribution in [0.15, 0.2) is 0 Å². The molecule has 0 amide bonds. The fraction of sp³-hybridized carbons (Fsp3) is 0.800. The van der Waals surface area contributed by atoms with E-state index in [0.29, 0.717) is 0 Å². The first-order valence-corrected chi connectivity index (χ1v) is 5.08. The molecule has 0 bridgehead atoms. The molecular weight excluding hydrogens is 248 g/mol. The molecule has 8 heteroatoms. The maximum absolute atomic E-state index is 10.1. The van der Waals surface area contributed by atoms with E-state index in [9.17, 15) is 9.59 Å². The minimum Gasteiger partial charge on any atom is -0.479 e. The molecule has 0 aliphatic carbocycles. The molecule has 108 valence electrons. The number of carbonyl (C=O) groups is 2. The quantitative estimate of drug-likeness (QED) is 0.343.